The highest BCUT2D eigenvalue weighted by Crippen LogP contribution is 2.28. The number of hydrogen-bond donors (Lipinski definition) is 1. The van der Waals surface area contributed by atoms with Crippen molar-refractivity contribution in [1.29, 1.82) is 0 Å². The molecule has 3 aromatic rings. The largest absolute Gasteiger partial charge is 0.437 e. The highest BCUT2D eigenvalue weighted by molar-refractivity contribution is 5.96. The Morgan fingerprint density at radius 3 is 2.73 bits per heavy atom. The van der Waals surface area contributed by atoms with Crippen molar-refractivity contribution in [3.63, 3.8) is 0 Å². The summed E-state index contributed by atoms with van der Waals surface area (Å²) in [5.74, 6) is 0.184. The van der Waals surface area contributed by atoms with Crippen LogP contribution in [0.1, 0.15) is 28.0 Å². The van der Waals surface area contributed by atoms with Gasteiger partial charge < -0.3 is 14.7 Å². The van der Waals surface area contributed by atoms with E-state index in [1.54, 1.807) is 47.6 Å². The summed E-state index contributed by atoms with van der Waals surface area (Å²) in [6.45, 7) is 3.48. The summed E-state index contributed by atoms with van der Waals surface area (Å²) < 4.78 is 18.9. The van der Waals surface area contributed by atoms with Crippen molar-refractivity contribution in [3.05, 3.63) is 83.6 Å². The van der Waals surface area contributed by atoms with Crippen molar-refractivity contribution in [3.8, 4) is 11.6 Å². The maximum atomic E-state index is 13.2. The number of pyridine rings is 2. The van der Waals surface area contributed by atoms with Crippen LogP contribution < -0.4 is 4.74 Å². The first-order valence-corrected chi connectivity index (χ1v) is 10.8. The highest BCUT2D eigenvalue weighted by Gasteiger charge is 2.39. The molecule has 33 heavy (non-hydrogen) atoms. The van der Waals surface area contributed by atoms with Gasteiger partial charge in [0.2, 0.25) is 5.88 Å². The Labute approximate surface area is 192 Å². The SMILES string of the molecule is Cc1ccc(Oc2ncccc2C(=O)N2CCC(O)(CN(C)Cc3ccc(F)cc3)C2)cn1. The van der Waals surface area contributed by atoms with Gasteiger partial charge >= 0.3 is 0 Å². The quantitative estimate of drug-likeness (QED) is 0.594. The van der Waals surface area contributed by atoms with Gasteiger partial charge in [-0.25, -0.2) is 9.37 Å². The van der Waals surface area contributed by atoms with Gasteiger partial charge in [-0.15, -0.1) is 0 Å². The van der Waals surface area contributed by atoms with E-state index in [1.165, 1.54) is 12.1 Å². The zero-order valence-electron chi connectivity index (χ0n) is 18.7. The van der Waals surface area contributed by atoms with Crippen LogP contribution in [0.5, 0.6) is 11.6 Å². The zero-order chi connectivity index (χ0) is 23.4. The third-order valence-electron chi connectivity index (χ3n) is 5.65. The molecule has 1 saturated heterocycles. The van der Waals surface area contributed by atoms with Crippen LogP contribution in [0, 0.1) is 12.7 Å². The number of likely N-dealkylation sites (tertiary alicyclic amines) is 1. The average molecular weight is 451 g/mol. The molecule has 3 heterocycles. The molecule has 1 aromatic carbocycles. The van der Waals surface area contributed by atoms with Crippen molar-refractivity contribution in [2.45, 2.75) is 25.5 Å². The normalized spacial score (nSPS) is 18.0. The van der Waals surface area contributed by atoms with Crippen molar-refractivity contribution < 1.29 is 19.0 Å². The molecule has 4 rings (SSSR count). The van der Waals surface area contributed by atoms with Gasteiger partial charge in [-0.1, -0.05) is 12.1 Å². The Balaban J connectivity index is 1.41. The minimum Gasteiger partial charge on any atom is -0.437 e. The Morgan fingerprint density at radius 2 is 2.00 bits per heavy atom. The van der Waals surface area contributed by atoms with Gasteiger partial charge in [-0.2, -0.15) is 0 Å². The molecule has 1 aliphatic heterocycles. The molecule has 7 nitrogen and oxygen atoms in total. The number of nitrogens with zero attached hydrogens (tertiary/aromatic N) is 4. The van der Waals surface area contributed by atoms with Crippen LogP contribution in [0.25, 0.3) is 0 Å². The fraction of sp³-hybridized carbons (Fsp3) is 0.320. The Hall–Kier alpha value is -3.36. The number of benzene rings is 1. The number of aliphatic hydroxyl groups is 1. The lowest BCUT2D eigenvalue weighted by Crippen LogP contribution is -2.44. The summed E-state index contributed by atoms with van der Waals surface area (Å²) in [7, 11) is 1.90. The van der Waals surface area contributed by atoms with E-state index in [1.807, 2.05) is 24.9 Å². The molecule has 1 atom stereocenters. The van der Waals surface area contributed by atoms with Gasteiger partial charge in [-0.05, 0) is 62.4 Å². The molecule has 1 amide bonds. The predicted octanol–water partition coefficient (Wildman–Crippen LogP) is 3.43. The van der Waals surface area contributed by atoms with Crippen molar-refractivity contribution in [2.75, 3.05) is 26.7 Å². The minimum atomic E-state index is -1.03. The second kappa shape index (κ2) is 9.64. The average Bonchev–Trinajstić information content (AvgIpc) is 3.18. The molecule has 1 aliphatic rings. The fourth-order valence-corrected chi connectivity index (χ4v) is 4.05. The third-order valence-corrected chi connectivity index (χ3v) is 5.65. The van der Waals surface area contributed by atoms with Crippen LogP contribution >= 0.6 is 0 Å². The van der Waals surface area contributed by atoms with E-state index >= 15 is 0 Å². The monoisotopic (exact) mass is 450 g/mol. The first-order chi connectivity index (χ1) is 15.8. The molecular weight excluding hydrogens is 423 g/mol. The Morgan fingerprint density at radius 1 is 1.21 bits per heavy atom. The summed E-state index contributed by atoms with van der Waals surface area (Å²) in [6.07, 6.45) is 3.62. The molecule has 0 saturated carbocycles. The van der Waals surface area contributed by atoms with E-state index in [0.29, 0.717) is 37.4 Å². The second-order valence-electron chi connectivity index (χ2n) is 8.59. The summed E-state index contributed by atoms with van der Waals surface area (Å²) in [4.78, 5) is 25.3. The van der Waals surface area contributed by atoms with Crippen LogP contribution in [0.4, 0.5) is 4.39 Å². The molecule has 0 aliphatic carbocycles. The number of carbonyl (C=O) groups is 1. The zero-order valence-corrected chi connectivity index (χ0v) is 18.7. The van der Waals surface area contributed by atoms with Gasteiger partial charge in [0.25, 0.3) is 5.91 Å². The van der Waals surface area contributed by atoms with Crippen molar-refractivity contribution >= 4 is 5.91 Å². The van der Waals surface area contributed by atoms with Crippen LogP contribution in [-0.4, -0.2) is 63.1 Å². The molecule has 1 unspecified atom stereocenters. The maximum Gasteiger partial charge on any atom is 0.259 e. The van der Waals surface area contributed by atoms with Crippen LogP contribution in [0.15, 0.2) is 60.9 Å². The summed E-state index contributed by atoms with van der Waals surface area (Å²) in [5.41, 5.74) is 1.12. The molecular formula is C25H27FN4O3. The smallest absolute Gasteiger partial charge is 0.259 e. The summed E-state index contributed by atoms with van der Waals surface area (Å²) >= 11 is 0. The minimum absolute atomic E-state index is 0.206. The van der Waals surface area contributed by atoms with Crippen molar-refractivity contribution in [2.24, 2.45) is 0 Å². The lowest BCUT2D eigenvalue weighted by atomic mass is 10.0. The summed E-state index contributed by atoms with van der Waals surface area (Å²) in [5, 5.41) is 11.1. The number of carbonyl (C=O) groups excluding carboxylic acids is 1. The number of amides is 1. The van der Waals surface area contributed by atoms with Gasteiger partial charge in [0.05, 0.1) is 18.3 Å². The van der Waals surface area contributed by atoms with Gasteiger partial charge in [-0.3, -0.25) is 14.7 Å². The lowest BCUT2D eigenvalue weighted by molar-refractivity contribution is 0.0163. The van der Waals surface area contributed by atoms with Gasteiger partial charge in [0.1, 0.15) is 17.1 Å². The summed E-state index contributed by atoms with van der Waals surface area (Å²) in [6, 6.07) is 13.3. The number of likely N-dealkylation sites (N-methyl/N-ethyl adjacent to an activating group) is 1. The molecule has 1 fully saturated rings. The number of β-amino-alcohol motifs (C(OH)–C–C–N with tert-alkyl or cyclic N) is 1. The van der Waals surface area contributed by atoms with E-state index in [0.717, 1.165) is 11.3 Å². The van der Waals surface area contributed by atoms with E-state index in [2.05, 4.69) is 9.97 Å². The highest BCUT2D eigenvalue weighted by atomic mass is 19.1. The molecule has 0 radical (unpaired) electrons. The standard InChI is InChI=1S/C25H27FN4O3/c1-18-5-10-21(14-28-18)33-23-22(4-3-12-27-23)24(31)30-13-11-25(32,17-30)16-29(2)15-19-6-8-20(26)9-7-19/h3-10,12,14,32H,11,13,15-17H2,1-2H3. The van der Waals surface area contributed by atoms with E-state index in [4.69, 9.17) is 4.74 Å². The molecule has 8 heteroatoms. The number of aryl methyl sites for hydroxylation is 1. The lowest BCUT2D eigenvalue weighted by Gasteiger charge is -2.29. The number of rotatable bonds is 7. The topological polar surface area (TPSA) is 78.8 Å². The molecule has 0 spiro atoms. The first-order valence-electron chi connectivity index (χ1n) is 10.8. The van der Waals surface area contributed by atoms with Gasteiger partial charge in [0, 0.05) is 31.5 Å². The number of hydrogen-bond acceptors (Lipinski definition) is 6. The Kier molecular flexibility index (Phi) is 6.67. The number of aromatic nitrogens is 2. The number of halogens is 1. The molecule has 0 bridgehead atoms. The van der Waals surface area contributed by atoms with Crippen LogP contribution in [0.2, 0.25) is 0 Å². The molecule has 2 aromatic heterocycles. The first kappa shape index (κ1) is 22.8. The van der Waals surface area contributed by atoms with E-state index in [-0.39, 0.29) is 24.1 Å². The van der Waals surface area contributed by atoms with Crippen LogP contribution in [0.3, 0.4) is 0 Å². The Bertz CT molecular complexity index is 1110. The van der Waals surface area contributed by atoms with E-state index in [9.17, 15) is 14.3 Å². The van der Waals surface area contributed by atoms with Gasteiger partial charge in [0.15, 0.2) is 0 Å². The third kappa shape index (κ3) is 5.71. The molecule has 1 N–H and O–H groups in total. The molecule has 172 valence electrons. The van der Waals surface area contributed by atoms with Crippen molar-refractivity contribution in [1.82, 2.24) is 19.8 Å². The van der Waals surface area contributed by atoms with E-state index < -0.39 is 5.60 Å². The number of ether oxygens (including phenoxy) is 1. The second-order valence-corrected chi connectivity index (χ2v) is 8.59. The maximum absolute atomic E-state index is 13.2. The predicted molar refractivity (Wildman–Crippen MR) is 121 cm³/mol. The van der Waals surface area contributed by atoms with Crippen LogP contribution in [-0.2, 0) is 6.54 Å². The fourth-order valence-electron chi connectivity index (χ4n) is 4.05.